The van der Waals surface area contributed by atoms with Gasteiger partial charge in [0.05, 0.1) is 6.54 Å². The van der Waals surface area contributed by atoms with Gasteiger partial charge in [-0.05, 0) is 45.6 Å². The van der Waals surface area contributed by atoms with Gasteiger partial charge in [-0.3, -0.25) is 4.99 Å². The predicted octanol–water partition coefficient (Wildman–Crippen LogP) is 2.01. The van der Waals surface area contributed by atoms with Gasteiger partial charge in [-0.25, -0.2) is 4.39 Å². The molecule has 154 valence electrons. The van der Waals surface area contributed by atoms with Crippen molar-refractivity contribution in [2.45, 2.75) is 19.4 Å². The lowest BCUT2D eigenvalue weighted by atomic mass is 10.3. The van der Waals surface area contributed by atoms with E-state index in [1.807, 2.05) is 6.92 Å². The minimum Gasteiger partial charge on any atom is -0.486 e. The third-order valence-corrected chi connectivity index (χ3v) is 4.48. The van der Waals surface area contributed by atoms with Gasteiger partial charge in [-0.2, -0.15) is 0 Å². The topological polar surface area (TPSA) is 52.1 Å². The second kappa shape index (κ2) is 13.1. The Morgan fingerprint density at radius 2 is 2.00 bits per heavy atom. The van der Waals surface area contributed by atoms with Crippen molar-refractivity contribution in [1.29, 1.82) is 0 Å². The average molecular weight is 493 g/mol. The highest BCUT2D eigenvalue weighted by atomic mass is 127. The molecule has 8 heteroatoms. The smallest absolute Gasteiger partial charge is 0.191 e. The van der Waals surface area contributed by atoms with Crippen LogP contribution < -0.4 is 15.4 Å². The summed E-state index contributed by atoms with van der Waals surface area (Å²) < 4.78 is 19.3. The molecule has 1 aromatic rings. The summed E-state index contributed by atoms with van der Waals surface area (Å²) in [5, 5.41) is 6.56. The number of benzene rings is 1. The molecule has 1 aliphatic heterocycles. The minimum atomic E-state index is -0.343. The number of para-hydroxylation sites is 1. The van der Waals surface area contributed by atoms with E-state index in [0.29, 0.717) is 6.54 Å². The number of hydrogen-bond donors (Lipinski definition) is 2. The van der Waals surface area contributed by atoms with E-state index in [4.69, 9.17) is 4.74 Å². The maximum Gasteiger partial charge on any atom is 0.191 e. The average Bonchev–Trinajstić information content (AvgIpc) is 2.84. The molecule has 1 heterocycles. The van der Waals surface area contributed by atoms with Crippen LogP contribution in [0.15, 0.2) is 29.3 Å². The summed E-state index contributed by atoms with van der Waals surface area (Å²) in [6, 6.07) is 6.45. The van der Waals surface area contributed by atoms with E-state index in [0.717, 1.165) is 38.7 Å². The number of aliphatic imine (C=N–C) groups is 1. The molecule has 0 radical (unpaired) electrons. The molecule has 6 nitrogen and oxygen atoms in total. The van der Waals surface area contributed by atoms with Crippen LogP contribution in [0.2, 0.25) is 0 Å². The summed E-state index contributed by atoms with van der Waals surface area (Å²) in [5.74, 6) is 0.668. The Morgan fingerprint density at radius 1 is 1.22 bits per heavy atom. The standard InChI is InChI=1S/C19H32FN5O.HI/c1-16(26-18-8-5-4-7-17(18)20)15-23-19(21-2)22-9-12-25-11-6-10-24(3)13-14-25;/h4-5,7-8,16H,6,9-15H2,1-3H3,(H2,21,22,23);1H. The van der Waals surface area contributed by atoms with Crippen molar-refractivity contribution < 1.29 is 9.13 Å². The Balaban J connectivity index is 0.00000364. The van der Waals surface area contributed by atoms with Crippen molar-refractivity contribution in [3.05, 3.63) is 30.1 Å². The summed E-state index contributed by atoms with van der Waals surface area (Å²) in [4.78, 5) is 9.10. The van der Waals surface area contributed by atoms with Crippen molar-refractivity contribution >= 4 is 29.9 Å². The Kier molecular flexibility index (Phi) is 11.6. The van der Waals surface area contributed by atoms with Crippen LogP contribution in [0.4, 0.5) is 4.39 Å². The quantitative estimate of drug-likeness (QED) is 0.346. The fraction of sp³-hybridized carbons (Fsp3) is 0.632. The molecule has 0 bridgehead atoms. The zero-order chi connectivity index (χ0) is 18.8. The van der Waals surface area contributed by atoms with Crippen LogP contribution in [-0.4, -0.2) is 81.8 Å². The van der Waals surface area contributed by atoms with Gasteiger partial charge in [0.15, 0.2) is 17.5 Å². The number of guanidine groups is 1. The summed E-state index contributed by atoms with van der Waals surface area (Å²) in [6.45, 7) is 8.83. The van der Waals surface area contributed by atoms with Crippen LogP contribution in [0.25, 0.3) is 0 Å². The van der Waals surface area contributed by atoms with Gasteiger partial charge in [0, 0.05) is 33.2 Å². The summed E-state index contributed by atoms with van der Waals surface area (Å²) >= 11 is 0. The highest BCUT2D eigenvalue weighted by molar-refractivity contribution is 14.0. The maximum absolute atomic E-state index is 13.6. The van der Waals surface area contributed by atoms with E-state index in [-0.39, 0.29) is 41.6 Å². The Morgan fingerprint density at radius 3 is 2.74 bits per heavy atom. The molecule has 1 saturated heterocycles. The van der Waals surface area contributed by atoms with E-state index >= 15 is 0 Å². The highest BCUT2D eigenvalue weighted by Crippen LogP contribution is 2.16. The van der Waals surface area contributed by atoms with E-state index in [1.165, 1.54) is 19.0 Å². The van der Waals surface area contributed by atoms with Crippen molar-refractivity contribution in [3.63, 3.8) is 0 Å². The van der Waals surface area contributed by atoms with Gasteiger partial charge in [0.25, 0.3) is 0 Å². The number of nitrogens with zero attached hydrogens (tertiary/aromatic N) is 3. The Hall–Kier alpha value is -1.13. The molecule has 0 spiro atoms. The summed E-state index contributed by atoms with van der Waals surface area (Å²) in [7, 11) is 3.93. The largest absolute Gasteiger partial charge is 0.486 e. The highest BCUT2D eigenvalue weighted by Gasteiger charge is 2.12. The van der Waals surface area contributed by atoms with Crippen molar-refractivity contribution in [3.8, 4) is 5.75 Å². The molecule has 27 heavy (non-hydrogen) atoms. The molecule has 0 aliphatic carbocycles. The van der Waals surface area contributed by atoms with Crippen LogP contribution in [-0.2, 0) is 0 Å². The summed E-state index contributed by atoms with van der Waals surface area (Å²) in [5.41, 5.74) is 0. The number of ether oxygens (including phenoxy) is 1. The zero-order valence-corrected chi connectivity index (χ0v) is 18.9. The number of hydrogen-bond acceptors (Lipinski definition) is 4. The predicted molar refractivity (Wildman–Crippen MR) is 120 cm³/mol. The van der Waals surface area contributed by atoms with Gasteiger partial charge in [0.1, 0.15) is 6.10 Å². The fourth-order valence-electron chi connectivity index (χ4n) is 2.92. The maximum atomic E-state index is 13.6. The molecule has 0 aromatic heterocycles. The van der Waals surface area contributed by atoms with Crippen LogP contribution >= 0.6 is 24.0 Å². The molecule has 0 saturated carbocycles. The van der Waals surface area contributed by atoms with E-state index in [1.54, 1.807) is 25.2 Å². The van der Waals surface area contributed by atoms with Crippen LogP contribution in [0.1, 0.15) is 13.3 Å². The van der Waals surface area contributed by atoms with E-state index in [9.17, 15) is 4.39 Å². The van der Waals surface area contributed by atoms with Gasteiger partial charge >= 0.3 is 0 Å². The number of likely N-dealkylation sites (N-methyl/N-ethyl adjacent to an activating group) is 1. The number of halogens is 2. The minimum absolute atomic E-state index is 0. The number of rotatable bonds is 7. The first-order chi connectivity index (χ1) is 12.6. The SMILES string of the molecule is CN=C(NCCN1CCCN(C)CC1)NCC(C)Oc1ccccc1F.I. The van der Waals surface area contributed by atoms with Crippen LogP contribution in [0.5, 0.6) is 5.75 Å². The van der Waals surface area contributed by atoms with Gasteiger partial charge in [0.2, 0.25) is 0 Å². The molecular formula is C19H33FIN5O. The molecule has 0 amide bonds. The van der Waals surface area contributed by atoms with E-state index in [2.05, 4.69) is 32.5 Å². The van der Waals surface area contributed by atoms with Gasteiger partial charge < -0.3 is 25.2 Å². The van der Waals surface area contributed by atoms with Gasteiger partial charge in [-0.1, -0.05) is 12.1 Å². The lowest BCUT2D eigenvalue weighted by Crippen LogP contribution is -2.44. The Labute approximate surface area is 179 Å². The third-order valence-electron chi connectivity index (χ3n) is 4.48. The van der Waals surface area contributed by atoms with Crippen LogP contribution in [0.3, 0.4) is 0 Å². The first kappa shape index (κ1) is 23.9. The molecule has 1 aromatic carbocycles. The monoisotopic (exact) mass is 493 g/mol. The van der Waals surface area contributed by atoms with Crippen molar-refractivity contribution in [2.75, 3.05) is 59.9 Å². The molecule has 1 fully saturated rings. The number of nitrogens with one attached hydrogen (secondary N) is 2. The van der Waals surface area contributed by atoms with Crippen molar-refractivity contribution in [1.82, 2.24) is 20.4 Å². The summed E-state index contributed by atoms with van der Waals surface area (Å²) in [6.07, 6.45) is 1.04. The van der Waals surface area contributed by atoms with E-state index < -0.39 is 0 Å². The molecule has 1 aliphatic rings. The normalized spacial score (nSPS) is 17.6. The molecular weight excluding hydrogens is 460 g/mol. The van der Waals surface area contributed by atoms with Gasteiger partial charge in [-0.15, -0.1) is 24.0 Å². The van der Waals surface area contributed by atoms with Crippen LogP contribution in [0, 0.1) is 5.82 Å². The lowest BCUT2D eigenvalue weighted by Gasteiger charge is -2.21. The molecule has 2 N–H and O–H groups in total. The second-order valence-corrected chi connectivity index (χ2v) is 6.74. The third kappa shape index (κ3) is 9.07. The van der Waals surface area contributed by atoms with Crippen molar-refractivity contribution in [2.24, 2.45) is 4.99 Å². The zero-order valence-electron chi connectivity index (χ0n) is 16.6. The molecule has 2 rings (SSSR count). The fourth-order valence-corrected chi connectivity index (χ4v) is 2.92. The first-order valence-electron chi connectivity index (χ1n) is 9.35. The first-order valence-corrected chi connectivity index (χ1v) is 9.35. The molecule has 1 unspecified atom stereocenters. The Bertz CT molecular complexity index is 575. The second-order valence-electron chi connectivity index (χ2n) is 6.74. The molecule has 1 atom stereocenters. The lowest BCUT2D eigenvalue weighted by molar-refractivity contribution is 0.214.